The van der Waals surface area contributed by atoms with E-state index in [2.05, 4.69) is 6.92 Å². The maximum absolute atomic E-state index is 10.2. The minimum Gasteiger partial charge on any atom is -0.393 e. The molecule has 3 nitrogen and oxygen atoms in total. The fourth-order valence-corrected chi connectivity index (χ4v) is 2.66. The summed E-state index contributed by atoms with van der Waals surface area (Å²) in [6, 6.07) is 0. The van der Waals surface area contributed by atoms with Crippen molar-refractivity contribution in [2.24, 2.45) is 0 Å². The van der Waals surface area contributed by atoms with E-state index in [0.717, 1.165) is 38.5 Å². The van der Waals surface area contributed by atoms with Crippen molar-refractivity contribution in [3.05, 3.63) is 0 Å². The molecule has 1 atom stereocenters. The molecule has 21 heavy (non-hydrogen) atoms. The maximum Gasteiger partial charge on any atom is 0.355 e. The van der Waals surface area contributed by atoms with Gasteiger partial charge in [-0.1, -0.05) is 77.6 Å². The van der Waals surface area contributed by atoms with E-state index in [1.807, 2.05) is 0 Å². The van der Waals surface area contributed by atoms with Crippen molar-refractivity contribution in [2.75, 3.05) is 0 Å². The molecule has 0 heterocycles. The Morgan fingerprint density at radius 2 is 1.19 bits per heavy atom. The van der Waals surface area contributed by atoms with E-state index in [9.17, 15) is 15.0 Å². The van der Waals surface area contributed by atoms with Crippen molar-refractivity contribution in [3.8, 4) is 0 Å². The molecule has 0 aliphatic heterocycles. The number of aliphatic hydroxyl groups excluding tert-OH is 1. The van der Waals surface area contributed by atoms with Gasteiger partial charge in [0.1, 0.15) is 0 Å². The smallest absolute Gasteiger partial charge is 0.355 e. The lowest BCUT2D eigenvalue weighted by atomic mass is 10.0. The van der Waals surface area contributed by atoms with Crippen molar-refractivity contribution in [1.29, 1.82) is 0 Å². The second kappa shape index (κ2) is 15.8. The second-order valence-corrected chi connectivity index (χ2v) is 6.24. The van der Waals surface area contributed by atoms with Crippen LogP contribution in [0.4, 0.5) is 0 Å². The van der Waals surface area contributed by atoms with Crippen LogP contribution in [0.15, 0.2) is 0 Å². The summed E-state index contributed by atoms with van der Waals surface area (Å²) >= 11 is 0. The number of aliphatic hydroxyl groups is 1. The average Bonchev–Trinajstić information content (AvgIpc) is 2.45. The number of hydrogen-bond donors (Lipinski definition) is 1. The summed E-state index contributed by atoms with van der Waals surface area (Å²) in [6.45, 7) is 2.21. The molecule has 1 unspecified atom stereocenters. The Morgan fingerprint density at radius 1 is 0.762 bits per heavy atom. The Hall–Kier alpha value is -0.570. The Balaban J connectivity index is 3.12. The first-order chi connectivity index (χ1) is 10.2. The van der Waals surface area contributed by atoms with Gasteiger partial charge >= 0.3 is 5.97 Å². The fraction of sp³-hybridized carbons (Fsp3) is 0.944. The van der Waals surface area contributed by atoms with Gasteiger partial charge in [-0.05, 0) is 19.3 Å². The standard InChI is InChI=1S/C18H35O3/c1-2-3-4-11-14-17(19)15-12-9-7-5-6-8-10-13-16-18(20)21/h17,19H,2-16H2,1H3. The summed E-state index contributed by atoms with van der Waals surface area (Å²) in [5.74, 6) is -0.928. The number of carbonyl (C=O) groups excluding carboxylic acids is 1. The number of rotatable bonds is 16. The molecule has 0 aromatic rings. The first kappa shape index (κ1) is 20.4. The molecule has 1 N–H and O–H groups in total. The number of unbranched alkanes of at least 4 members (excludes halogenated alkanes) is 10. The average molecular weight is 299 g/mol. The lowest BCUT2D eigenvalue weighted by Gasteiger charge is -2.10. The Morgan fingerprint density at radius 3 is 1.67 bits per heavy atom. The molecule has 0 rings (SSSR count). The summed E-state index contributed by atoms with van der Waals surface area (Å²) in [5, 5.41) is 20.1. The topological polar surface area (TPSA) is 57.2 Å². The Kier molecular flexibility index (Phi) is 15.4. The van der Waals surface area contributed by atoms with Gasteiger partial charge in [0.2, 0.25) is 0 Å². The van der Waals surface area contributed by atoms with Crippen LogP contribution in [0.1, 0.15) is 103 Å². The zero-order valence-electron chi connectivity index (χ0n) is 13.9. The molecule has 0 amide bonds. The Bertz CT molecular complexity index is 229. The van der Waals surface area contributed by atoms with Crippen LogP contribution in [0.2, 0.25) is 0 Å². The van der Waals surface area contributed by atoms with Gasteiger partial charge in [-0.3, -0.25) is 0 Å². The van der Waals surface area contributed by atoms with E-state index >= 15 is 0 Å². The number of carbonyl (C=O) groups is 1. The van der Waals surface area contributed by atoms with Gasteiger partial charge in [0.15, 0.2) is 0 Å². The van der Waals surface area contributed by atoms with Crippen molar-refractivity contribution in [3.63, 3.8) is 0 Å². The van der Waals surface area contributed by atoms with Crippen LogP contribution >= 0.6 is 0 Å². The summed E-state index contributed by atoms with van der Waals surface area (Å²) in [4.78, 5) is 10.2. The van der Waals surface area contributed by atoms with Crippen LogP contribution in [-0.2, 0) is 9.90 Å². The SMILES string of the molecule is CCCCCCC(O)CCCCCCCCCCC([O])=O. The van der Waals surface area contributed by atoms with E-state index in [1.165, 1.54) is 51.4 Å². The molecule has 0 spiro atoms. The van der Waals surface area contributed by atoms with Crippen molar-refractivity contribution < 1.29 is 15.0 Å². The maximum atomic E-state index is 10.2. The highest BCUT2D eigenvalue weighted by Crippen LogP contribution is 2.14. The summed E-state index contributed by atoms with van der Waals surface area (Å²) < 4.78 is 0. The molecule has 0 aliphatic rings. The van der Waals surface area contributed by atoms with Gasteiger partial charge < -0.3 is 5.11 Å². The van der Waals surface area contributed by atoms with Gasteiger partial charge in [0, 0.05) is 0 Å². The van der Waals surface area contributed by atoms with Crippen LogP contribution in [0.25, 0.3) is 0 Å². The van der Waals surface area contributed by atoms with E-state index in [1.54, 1.807) is 0 Å². The molecule has 1 radical (unpaired) electrons. The van der Waals surface area contributed by atoms with Crippen LogP contribution in [0.3, 0.4) is 0 Å². The van der Waals surface area contributed by atoms with E-state index in [4.69, 9.17) is 0 Å². The minimum atomic E-state index is -0.928. The first-order valence-corrected chi connectivity index (χ1v) is 9.04. The van der Waals surface area contributed by atoms with Crippen molar-refractivity contribution in [1.82, 2.24) is 0 Å². The third-order valence-electron chi connectivity index (χ3n) is 4.06. The number of hydrogen-bond acceptors (Lipinski definition) is 2. The monoisotopic (exact) mass is 299 g/mol. The molecular formula is C18H35O3. The predicted molar refractivity (Wildman–Crippen MR) is 86.6 cm³/mol. The van der Waals surface area contributed by atoms with Gasteiger partial charge in [-0.15, -0.1) is 0 Å². The zero-order chi connectivity index (χ0) is 15.8. The molecule has 0 saturated heterocycles. The lowest BCUT2D eigenvalue weighted by Crippen LogP contribution is -2.05. The quantitative estimate of drug-likeness (QED) is 0.399. The molecule has 0 aromatic heterocycles. The van der Waals surface area contributed by atoms with Crippen molar-refractivity contribution >= 4 is 5.97 Å². The Labute approximate surface area is 131 Å². The predicted octanol–water partition coefficient (Wildman–Crippen LogP) is 5.18. The first-order valence-electron chi connectivity index (χ1n) is 9.04. The third-order valence-corrected chi connectivity index (χ3v) is 4.06. The van der Waals surface area contributed by atoms with Crippen LogP contribution in [0.5, 0.6) is 0 Å². The molecule has 125 valence electrons. The molecule has 3 heteroatoms. The summed E-state index contributed by atoms with van der Waals surface area (Å²) in [6.07, 6.45) is 15.9. The minimum absolute atomic E-state index is 0.0912. The van der Waals surface area contributed by atoms with Crippen LogP contribution in [0, 0.1) is 0 Å². The summed E-state index contributed by atoms with van der Waals surface area (Å²) in [7, 11) is 0. The second-order valence-electron chi connectivity index (χ2n) is 6.24. The zero-order valence-corrected chi connectivity index (χ0v) is 13.9. The highest BCUT2D eigenvalue weighted by molar-refractivity contribution is 5.66. The molecule has 0 aliphatic carbocycles. The van der Waals surface area contributed by atoms with Gasteiger partial charge in [0.05, 0.1) is 12.5 Å². The molecule has 0 bridgehead atoms. The largest absolute Gasteiger partial charge is 0.393 e. The molecular weight excluding hydrogens is 264 g/mol. The molecule has 0 saturated carbocycles. The van der Waals surface area contributed by atoms with E-state index in [-0.39, 0.29) is 12.5 Å². The van der Waals surface area contributed by atoms with Gasteiger partial charge in [-0.2, -0.15) is 0 Å². The lowest BCUT2D eigenvalue weighted by molar-refractivity contribution is -0.143. The molecule has 0 aromatic carbocycles. The van der Waals surface area contributed by atoms with Crippen LogP contribution in [-0.4, -0.2) is 17.2 Å². The van der Waals surface area contributed by atoms with E-state index < -0.39 is 5.97 Å². The highest BCUT2D eigenvalue weighted by Gasteiger charge is 2.03. The highest BCUT2D eigenvalue weighted by atomic mass is 16.4. The fourth-order valence-electron chi connectivity index (χ4n) is 2.66. The van der Waals surface area contributed by atoms with Crippen molar-refractivity contribution in [2.45, 2.75) is 109 Å². The third kappa shape index (κ3) is 17.4. The summed E-state index contributed by atoms with van der Waals surface area (Å²) in [5.41, 5.74) is 0. The molecule has 0 fully saturated rings. The van der Waals surface area contributed by atoms with Gasteiger partial charge in [-0.25, -0.2) is 9.90 Å². The van der Waals surface area contributed by atoms with Crippen LogP contribution < -0.4 is 0 Å². The van der Waals surface area contributed by atoms with E-state index in [0.29, 0.717) is 0 Å². The normalized spacial score (nSPS) is 12.5. The van der Waals surface area contributed by atoms with Gasteiger partial charge in [0.25, 0.3) is 0 Å².